The zero-order valence-electron chi connectivity index (χ0n) is 10.5. The first kappa shape index (κ1) is 13.8. The van der Waals surface area contributed by atoms with Crippen molar-refractivity contribution in [3.8, 4) is 0 Å². The summed E-state index contributed by atoms with van der Waals surface area (Å²) in [4.78, 5) is 19.2. The molecule has 0 aliphatic rings. The molecular formula is C13H14ClN3OS. The number of aromatic nitrogens is 1. The van der Waals surface area contributed by atoms with Crippen LogP contribution >= 0.6 is 22.9 Å². The van der Waals surface area contributed by atoms with Crippen molar-refractivity contribution in [3.63, 3.8) is 0 Å². The molecule has 0 saturated carbocycles. The van der Waals surface area contributed by atoms with Crippen LogP contribution in [0.5, 0.6) is 0 Å². The lowest BCUT2D eigenvalue weighted by Crippen LogP contribution is -2.30. The van der Waals surface area contributed by atoms with Gasteiger partial charge in [-0.25, -0.2) is 4.98 Å². The Hall–Kier alpha value is -1.59. The highest BCUT2D eigenvalue weighted by atomic mass is 35.5. The fourth-order valence-electron chi connectivity index (χ4n) is 1.67. The van der Waals surface area contributed by atoms with Crippen molar-refractivity contribution < 1.29 is 4.79 Å². The molecule has 100 valence electrons. The van der Waals surface area contributed by atoms with Crippen molar-refractivity contribution in [2.45, 2.75) is 13.5 Å². The Bertz CT molecular complexity index is 571. The van der Waals surface area contributed by atoms with Crippen molar-refractivity contribution in [1.29, 1.82) is 0 Å². The van der Waals surface area contributed by atoms with Crippen molar-refractivity contribution >= 4 is 34.7 Å². The number of thiophene rings is 1. The number of amides is 1. The number of nitrogens with zero attached hydrogens (tertiary/aromatic N) is 2. The molecule has 0 unspecified atom stereocenters. The summed E-state index contributed by atoms with van der Waals surface area (Å²) < 4.78 is 0. The molecule has 2 heterocycles. The summed E-state index contributed by atoms with van der Waals surface area (Å²) in [5.41, 5.74) is 6.00. The molecule has 0 aliphatic heterocycles. The number of rotatable bonds is 4. The van der Waals surface area contributed by atoms with Gasteiger partial charge in [0.2, 0.25) is 0 Å². The summed E-state index contributed by atoms with van der Waals surface area (Å²) in [6, 6.07) is 5.54. The van der Waals surface area contributed by atoms with Gasteiger partial charge in [-0.15, -0.1) is 11.3 Å². The van der Waals surface area contributed by atoms with E-state index in [1.54, 1.807) is 22.3 Å². The number of carbonyl (C=O) groups excluding carboxylic acids is 1. The predicted octanol–water partition coefficient (Wildman–Crippen LogP) is 3.04. The maximum Gasteiger partial charge on any atom is 0.255 e. The van der Waals surface area contributed by atoms with E-state index in [0.29, 0.717) is 23.7 Å². The van der Waals surface area contributed by atoms with Gasteiger partial charge in [-0.3, -0.25) is 4.79 Å². The van der Waals surface area contributed by atoms with E-state index in [1.165, 1.54) is 6.20 Å². The molecule has 0 bridgehead atoms. The van der Waals surface area contributed by atoms with Crippen molar-refractivity contribution in [2.75, 3.05) is 12.3 Å². The molecule has 2 rings (SSSR count). The topological polar surface area (TPSA) is 59.2 Å². The van der Waals surface area contributed by atoms with Crippen LogP contribution in [-0.4, -0.2) is 22.3 Å². The Balaban J connectivity index is 2.18. The molecule has 0 fully saturated rings. The predicted molar refractivity (Wildman–Crippen MR) is 78.4 cm³/mol. The second-order valence-electron chi connectivity index (χ2n) is 3.99. The molecule has 6 heteroatoms. The monoisotopic (exact) mass is 295 g/mol. The number of pyridine rings is 1. The van der Waals surface area contributed by atoms with Crippen LogP contribution in [0.2, 0.25) is 5.02 Å². The van der Waals surface area contributed by atoms with Gasteiger partial charge in [0, 0.05) is 17.6 Å². The number of nitrogens with two attached hydrogens (primary N) is 1. The van der Waals surface area contributed by atoms with E-state index in [9.17, 15) is 4.79 Å². The third kappa shape index (κ3) is 3.24. The van der Waals surface area contributed by atoms with Crippen LogP contribution in [0.1, 0.15) is 22.2 Å². The van der Waals surface area contributed by atoms with Crippen LogP contribution in [0.15, 0.2) is 29.8 Å². The molecule has 1 amide bonds. The van der Waals surface area contributed by atoms with Gasteiger partial charge in [0.1, 0.15) is 5.82 Å². The van der Waals surface area contributed by atoms with Crippen LogP contribution in [0, 0.1) is 0 Å². The van der Waals surface area contributed by atoms with E-state index in [4.69, 9.17) is 17.3 Å². The quantitative estimate of drug-likeness (QED) is 0.943. The van der Waals surface area contributed by atoms with E-state index in [2.05, 4.69) is 4.98 Å². The smallest absolute Gasteiger partial charge is 0.255 e. The molecule has 4 nitrogen and oxygen atoms in total. The fraction of sp³-hybridized carbons (Fsp3) is 0.231. The zero-order valence-corrected chi connectivity index (χ0v) is 12.0. The van der Waals surface area contributed by atoms with Gasteiger partial charge in [-0.1, -0.05) is 17.7 Å². The summed E-state index contributed by atoms with van der Waals surface area (Å²) in [6.07, 6.45) is 1.46. The third-order valence-corrected chi connectivity index (χ3v) is 3.88. The molecule has 0 aliphatic carbocycles. The van der Waals surface area contributed by atoms with Crippen molar-refractivity contribution in [1.82, 2.24) is 9.88 Å². The molecule has 2 N–H and O–H groups in total. The Kier molecular flexibility index (Phi) is 4.39. The first-order valence-corrected chi connectivity index (χ1v) is 7.10. The van der Waals surface area contributed by atoms with Crippen LogP contribution in [0.3, 0.4) is 0 Å². The molecule has 0 atom stereocenters. The highest BCUT2D eigenvalue weighted by Gasteiger charge is 2.16. The standard InChI is InChI=1S/C13H14ClN3OS/c1-2-17(8-10-4-3-5-19-10)13(18)9-6-11(14)12(15)16-7-9/h3-7H,2,8H2,1H3,(H2,15,16). The SMILES string of the molecule is CCN(Cc1cccs1)C(=O)c1cnc(N)c(Cl)c1. The van der Waals surface area contributed by atoms with Crippen LogP contribution < -0.4 is 5.73 Å². The van der Waals surface area contributed by atoms with Gasteiger partial charge < -0.3 is 10.6 Å². The average molecular weight is 296 g/mol. The van der Waals surface area contributed by atoms with Crippen LogP contribution in [0.4, 0.5) is 5.82 Å². The lowest BCUT2D eigenvalue weighted by molar-refractivity contribution is 0.0754. The Morgan fingerprint density at radius 3 is 2.95 bits per heavy atom. The van der Waals surface area contributed by atoms with Gasteiger partial charge in [-0.2, -0.15) is 0 Å². The second-order valence-corrected chi connectivity index (χ2v) is 5.43. The van der Waals surface area contributed by atoms with Crippen LogP contribution in [-0.2, 0) is 6.54 Å². The summed E-state index contributed by atoms with van der Waals surface area (Å²) >= 11 is 7.52. The first-order chi connectivity index (χ1) is 9.11. The molecule has 0 radical (unpaired) electrons. The van der Waals surface area contributed by atoms with Gasteiger partial charge in [0.15, 0.2) is 0 Å². The maximum absolute atomic E-state index is 12.4. The molecule has 0 aromatic carbocycles. The van der Waals surface area contributed by atoms with Crippen molar-refractivity contribution in [2.24, 2.45) is 0 Å². The first-order valence-electron chi connectivity index (χ1n) is 5.84. The minimum atomic E-state index is -0.0923. The van der Waals surface area contributed by atoms with Gasteiger partial charge in [0.25, 0.3) is 5.91 Å². The lowest BCUT2D eigenvalue weighted by atomic mass is 10.2. The molecule has 2 aromatic rings. The Morgan fingerprint density at radius 2 is 2.37 bits per heavy atom. The number of nitrogen functional groups attached to an aromatic ring is 1. The highest BCUT2D eigenvalue weighted by Crippen LogP contribution is 2.19. The van der Waals surface area contributed by atoms with E-state index < -0.39 is 0 Å². The normalized spacial score (nSPS) is 10.4. The number of halogens is 1. The summed E-state index contributed by atoms with van der Waals surface area (Å²) in [7, 11) is 0. The minimum Gasteiger partial charge on any atom is -0.382 e. The molecular weight excluding hydrogens is 282 g/mol. The average Bonchev–Trinajstić information content (AvgIpc) is 2.91. The largest absolute Gasteiger partial charge is 0.382 e. The van der Waals surface area contributed by atoms with Crippen molar-refractivity contribution in [3.05, 3.63) is 45.2 Å². The van der Waals surface area contributed by atoms with Crippen LogP contribution in [0.25, 0.3) is 0 Å². The summed E-state index contributed by atoms with van der Waals surface area (Å²) in [6.45, 7) is 3.16. The maximum atomic E-state index is 12.4. The lowest BCUT2D eigenvalue weighted by Gasteiger charge is -2.20. The van der Waals surface area contributed by atoms with Gasteiger partial charge in [0.05, 0.1) is 17.1 Å². The summed E-state index contributed by atoms with van der Waals surface area (Å²) in [5, 5.41) is 2.30. The summed E-state index contributed by atoms with van der Waals surface area (Å²) in [5.74, 6) is 0.143. The number of hydrogen-bond acceptors (Lipinski definition) is 4. The number of carbonyl (C=O) groups is 1. The molecule has 2 aromatic heterocycles. The molecule has 0 spiro atoms. The fourth-order valence-corrected chi connectivity index (χ4v) is 2.55. The second kappa shape index (κ2) is 6.04. The Labute approximate surface area is 120 Å². The third-order valence-electron chi connectivity index (χ3n) is 2.71. The minimum absolute atomic E-state index is 0.0923. The zero-order chi connectivity index (χ0) is 13.8. The van der Waals surface area contributed by atoms with E-state index in [1.807, 2.05) is 24.4 Å². The number of anilines is 1. The van der Waals surface area contributed by atoms with Gasteiger partial charge in [-0.05, 0) is 24.4 Å². The highest BCUT2D eigenvalue weighted by molar-refractivity contribution is 7.09. The van der Waals surface area contributed by atoms with E-state index >= 15 is 0 Å². The number of hydrogen-bond donors (Lipinski definition) is 1. The molecule has 19 heavy (non-hydrogen) atoms. The van der Waals surface area contributed by atoms with Gasteiger partial charge >= 0.3 is 0 Å². The van der Waals surface area contributed by atoms with E-state index in [-0.39, 0.29) is 11.7 Å². The Morgan fingerprint density at radius 1 is 1.58 bits per heavy atom. The van der Waals surface area contributed by atoms with E-state index in [0.717, 1.165) is 4.88 Å². The molecule has 0 saturated heterocycles.